The SMILES string of the molecule is COc1cccc(Cn2c(SCC(=O)N(C)C3CCCCC3)nc3ccsc3c2=O)c1. The largest absolute Gasteiger partial charge is 0.497 e. The highest BCUT2D eigenvalue weighted by Crippen LogP contribution is 2.25. The molecule has 1 aromatic carbocycles. The molecule has 6 nitrogen and oxygen atoms in total. The monoisotopic (exact) mass is 457 g/mol. The standard InChI is InChI=1S/C23H27N3O3S2/c1-25(17-8-4-3-5-9-17)20(27)15-31-23-24-19-11-12-30-21(19)22(28)26(23)14-16-7-6-10-18(13-16)29-2/h6-7,10-13,17H,3-5,8-9,14-15H2,1-2H3. The first-order valence-electron chi connectivity index (χ1n) is 10.6. The zero-order chi connectivity index (χ0) is 21.8. The Morgan fingerprint density at radius 1 is 1.29 bits per heavy atom. The number of amides is 1. The van der Waals surface area contributed by atoms with Crippen LogP contribution in [-0.2, 0) is 11.3 Å². The van der Waals surface area contributed by atoms with Crippen molar-refractivity contribution in [2.24, 2.45) is 0 Å². The molecular formula is C23H27N3O3S2. The van der Waals surface area contributed by atoms with E-state index < -0.39 is 0 Å². The van der Waals surface area contributed by atoms with E-state index in [1.165, 1.54) is 42.4 Å². The maximum absolute atomic E-state index is 13.2. The van der Waals surface area contributed by atoms with E-state index in [1.807, 2.05) is 47.7 Å². The fraction of sp³-hybridized carbons (Fsp3) is 0.435. The normalized spacial score (nSPS) is 14.6. The van der Waals surface area contributed by atoms with Gasteiger partial charge in [0.2, 0.25) is 5.91 Å². The molecule has 2 heterocycles. The molecule has 1 aliphatic carbocycles. The Balaban J connectivity index is 1.58. The zero-order valence-corrected chi connectivity index (χ0v) is 19.5. The lowest BCUT2D eigenvalue weighted by Gasteiger charge is -2.31. The maximum atomic E-state index is 13.2. The Labute approximate surface area is 190 Å². The fourth-order valence-electron chi connectivity index (χ4n) is 4.03. The van der Waals surface area contributed by atoms with Crippen LogP contribution in [0.4, 0.5) is 0 Å². The van der Waals surface area contributed by atoms with Crippen molar-refractivity contribution >= 4 is 39.2 Å². The molecule has 0 spiro atoms. The van der Waals surface area contributed by atoms with Gasteiger partial charge in [0.1, 0.15) is 10.4 Å². The molecule has 2 aromatic heterocycles. The number of fused-ring (bicyclic) bond motifs is 1. The van der Waals surface area contributed by atoms with Crippen LogP contribution in [0.1, 0.15) is 37.7 Å². The van der Waals surface area contributed by atoms with Crippen molar-refractivity contribution in [2.75, 3.05) is 19.9 Å². The van der Waals surface area contributed by atoms with Crippen molar-refractivity contribution in [1.29, 1.82) is 0 Å². The first kappa shape index (κ1) is 21.9. The minimum atomic E-state index is -0.0709. The van der Waals surface area contributed by atoms with E-state index in [0.29, 0.717) is 28.0 Å². The Morgan fingerprint density at radius 3 is 2.87 bits per heavy atom. The molecule has 0 saturated heterocycles. The number of thioether (sulfide) groups is 1. The van der Waals surface area contributed by atoms with Crippen molar-refractivity contribution in [2.45, 2.75) is 49.8 Å². The van der Waals surface area contributed by atoms with Gasteiger partial charge in [-0.2, -0.15) is 0 Å². The fourth-order valence-corrected chi connectivity index (χ4v) is 5.73. The van der Waals surface area contributed by atoms with E-state index >= 15 is 0 Å². The number of nitrogens with zero attached hydrogens (tertiary/aromatic N) is 3. The van der Waals surface area contributed by atoms with Crippen LogP contribution in [-0.4, -0.2) is 46.3 Å². The lowest BCUT2D eigenvalue weighted by molar-refractivity contribution is -0.129. The Kier molecular flexibility index (Phi) is 6.97. The summed E-state index contributed by atoms with van der Waals surface area (Å²) >= 11 is 2.74. The minimum Gasteiger partial charge on any atom is -0.497 e. The van der Waals surface area contributed by atoms with Gasteiger partial charge >= 0.3 is 0 Å². The van der Waals surface area contributed by atoms with Crippen LogP contribution in [0.2, 0.25) is 0 Å². The molecule has 0 unspecified atom stereocenters. The van der Waals surface area contributed by atoms with Crippen molar-refractivity contribution in [3.8, 4) is 5.75 Å². The van der Waals surface area contributed by atoms with Gasteiger partial charge in [-0.05, 0) is 42.0 Å². The average molecular weight is 458 g/mol. The molecule has 164 valence electrons. The zero-order valence-electron chi connectivity index (χ0n) is 17.9. The predicted octanol–water partition coefficient (Wildman–Crippen LogP) is 4.40. The van der Waals surface area contributed by atoms with Crippen LogP contribution in [0.5, 0.6) is 5.75 Å². The van der Waals surface area contributed by atoms with Crippen molar-refractivity contribution < 1.29 is 9.53 Å². The summed E-state index contributed by atoms with van der Waals surface area (Å²) < 4.78 is 7.63. The number of carbonyl (C=O) groups is 1. The van der Waals surface area contributed by atoms with Gasteiger partial charge in [0.15, 0.2) is 5.16 Å². The third-order valence-electron chi connectivity index (χ3n) is 5.85. The van der Waals surface area contributed by atoms with E-state index in [9.17, 15) is 9.59 Å². The molecular weight excluding hydrogens is 430 g/mol. The molecule has 31 heavy (non-hydrogen) atoms. The molecule has 1 saturated carbocycles. The predicted molar refractivity (Wildman–Crippen MR) is 126 cm³/mol. The number of methoxy groups -OCH3 is 1. The summed E-state index contributed by atoms with van der Waals surface area (Å²) in [5, 5.41) is 2.45. The Hall–Kier alpha value is -2.32. The maximum Gasteiger partial charge on any atom is 0.272 e. The third-order valence-corrected chi connectivity index (χ3v) is 7.70. The summed E-state index contributed by atoms with van der Waals surface area (Å²) in [4.78, 5) is 32.6. The van der Waals surface area contributed by atoms with Crippen molar-refractivity contribution in [3.05, 3.63) is 51.6 Å². The number of aromatic nitrogens is 2. The van der Waals surface area contributed by atoms with Gasteiger partial charge in [-0.15, -0.1) is 11.3 Å². The first-order chi connectivity index (χ1) is 15.1. The van der Waals surface area contributed by atoms with Gasteiger partial charge in [0.25, 0.3) is 5.56 Å². The molecule has 0 radical (unpaired) electrons. The molecule has 4 rings (SSSR count). The third kappa shape index (κ3) is 4.96. The molecule has 0 aliphatic heterocycles. The van der Waals surface area contributed by atoms with Crippen LogP contribution in [0.15, 0.2) is 45.7 Å². The quantitative estimate of drug-likeness (QED) is 0.389. The molecule has 3 aromatic rings. The van der Waals surface area contributed by atoms with Gasteiger partial charge in [0, 0.05) is 13.1 Å². The average Bonchev–Trinajstić information content (AvgIpc) is 3.28. The number of thiophene rings is 1. The highest BCUT2D eigenvalue weighted by molar-refractivity contribution is 7.99. The van der Waals surface area contributed by atoms with E-state index in [4.69, 9.17) is 9.72 Å². The summed E-state index contributed by atoms with van der Waals surface area (Å²) in [6.07, 6.45) is 5.78. The van der Waals surface area contributed by atoms with Gasteiger partial charge in [-0.1, -0.05) is 43.2 Å². The number of carbonyl (C=O) groups excluding carboxylic acids is 1. The number of ether oxygens (including phenoxy) is 1. The lowest BCUT2D eigenvalue weighted by atomic mass is 9.94. The second kappa shape index (κ2) is 9.87. The van der Waals surface area contributed by atoms with Crippen LogP contribution < -0.4 is 10.3 Å². The van der Waals surface area contributed by atoms with E-state index in [1.54, 1.807) is 11.7 Å². The van der Waals surface area contributed by atoms with Gasteiger partial charge in [0.05, 0.1) is 24.9 Å². The molecule has 0 atom stereocenters. The summed E-state index contributed by atoms with van der Waals surface area (Å²) in [6.45, 7) is 0.381. The van der Waals surface area contributed by atoms with Gasteiger partial charge in [-0.3, -0.25) is 14.2 Å². The topological polar surface area (TPSA) is 64.4 Å². The second-order valence-corrected chi connectivity index (χ2v) is 9.72. The molecule has 1 aliphatic rings. The highest BCUT2D eigenvalue weighted by atomic mass is 32.2. The highest BCUT2D eigenvalue weighted by Gasteiger charge is 2.23. The Bertz CT molecular complexity index is 1120. The number of hydrogen-bond acceptors (Lipinski definition) is 6. The van der Waals surface area contributed by atoms with E-state index in [0.717, 1.165) is 24.2 Å². The smallest absolute Gasteiger partial charge is 0.272 e. The molecule has 8 heteroatoms. The molecule has 1 fully saturated rings. The van der Waals surface area contributed by atoms with E-state index in [-0.39, 0.29) is 17.2 Å². The molecule has 0 bridgehead atoms. The first-order valence-corrected chi connectivity index (χ1v) is 12.4. The van der Waals surface area contributed by atoms with E-state index in [2.05, 4.69) is 0 Å². The van der Waals surface area contributed by atoms with Crippen molar-refractivity contribution in [1.82, 2.24) is 14.5 Å². The van der Waals surface area contributed by atoms with Crippen LogP contribution in [0.25, 0.3) is 10.2 Å². The van der Waals surface area contributed by atoms with Crippen molar-refractivity contribution in [3.63, 3.8) is 0 Å². The number of benzene rings is 1. The van der Waals surface area contributed by atoms with Gasteiger partial charge in [-0.25, -0.2) is 4.98 Å². The number of hydrogen-bond donors (Lipinski definition) is 0. The minimum absolute atomic E-state index is 0.0709. The summed E-state index contributed by atoms with van der Waals surface area (Å²) in [5.74, 6) is 1.10. The lowest BCUT2D eigenvalue weighted by Crippen LogP contribution is -2.39. The van der Waals surface area contributed by atoms with Crippen LogP contribution in [0, 0.1) is 0 Å². The number of rotatable bonds is 7. The van der Waals surface area contributed by atoms with Gasteiger partial charge < -0.3 is 9.64 Å². The molecule has 1 amide bonds. The Morgan fingerprint density at radius 2 is 2.10 bits per heavy atom. The van der Waals surface area contributed by atoms with Crippen LogP contribution in [0.3, 0.4) is 0 Å². The summed E-state index contributed by atoms with van der Waals surface area (Å²) in [6, 6.07) is 9.85. The summed E-state index contributed by atoms with van der Waals surface area (Å²) in [5.41, 5.74) is 1.57. The van der Waals surface area contributed by atoms with Crippen LogP contribution >= 0.6 is 23.1 Å². The second-order valence-electron chi connectivity index (χ2n) is 7.86. The summed E-state index contributed by atoms with van der Waals surface area (Å²) in [7, 11) is 3.53. The molecule has 0 N–H and O–H groups in total.